The van der Waals surface area contributed by atoms with E-state index in [1.54, 1.807) is 17.3 Å². The predicted octanol–water partition coefficient (Wildman–Crippen LogP) is 0.767. The van der Waals surface area contributed by atoms with Crippen molar-refractivity contribution in [1.82, 2.24) is 9.88 Å². The lowest BCUT2D eigenvalue weighted by molar-refractivity contribution is -0.127. The van der Waals surface area contributed by atoms with Gasteiger partial charge in [0.05, 0.1) is 11.9 Å². The zero-order valence-electron chi connectivity index (χ0n) is 8.87. The smallest absolute Gasteiger partial charge is 0.233 e. The van der Waals surface area contributed by atoms with E-state index in [2.05, 4.69) is 4.98 Å². The first-order valence-electron chi connectivity index (χ1n) is 5.24. The second kappa shape index (κ2) is 5.32. The van der Waals surface area contributed by atoms with Gasteiger partial charge in [-0.25, -0.2) is 0 Å². The van der Waals surface area contributed by atoms with Crippen LogP contribution in [0.15, 0.2) is 29.4 Å². The Kier molecular flexibility index (Phi) is 3.79. The van der Waals surface area contributed by atoms with Crippen LogP contribution in [0.2, 0.25) is 0 Å². The molecule has 0 spiro atoms. The standard InChI is InChI=1S/C11H14N2O2S/c14-9-3-6-13(7-9)11(15)8-16-10-1-4-12-5-2-10/h1-2,4-5,9,14H,3,6-8H2/t9-/m1/s1. The average molecular weight is 238 g/mol. The van der Waals surface area contributed by atoms with Gasteiger partial charge in [-0.2, -0.15) is 0 Å². The average Bonchev–Trinajstić information content (AvgIpc) is 2.74. The Morgan fingerprint density at radius 3 is 2.94 bits per heavy atom. The Morgan fingerprint density at radius 2 is 2.31 bits per heavy atom. The molecule has 2 heterocycles. The molecule has 4 nitrogen and oxygen atoms in total. The van der Waals surface area contributed by atoms with Gasteiger partial charge in [-0.05, 0) is 18.6 Å². The zero-order valence-corrected chi connectivity index (χ0v) is 9.69. The minimum atomic E-state index is -0.338. The van der Waals surface area contributed by atoms with E-state index >= 15 is 0 Å². The van der Waals surface area contributed by atoms with Gasteiger partial charge >= 0.3 is 0 Å². The van der Waals surface area contributed by atoms with Crippen molar-refractivity contribution in [3.63, 3.8) is 0 Å². The van der Waals surface area contributed by atoms with Crippen LogP contribution in [-0.2, 0) is 4.79 Å². The Bertz CT molecular complexity index is 358. The fourth-order valence-electron chi connectivity index (χ4n) is 1.64. The van der Waals surface area contributed by atoms with E-state index in [1.807, 2.05) is 12.1 Å². The van der Waals surface area contributed by atoms with Gasteiger partial charge in [0.1, 0.15) is 0 Å². The van der Waals surface area contributed by atoms with Gasteiger partial charge in [-0.1, -0.05) is 0 Å². The molecule has 16 heavy (non-hydrogen) atoms. The molecule has 5 heteroatoms. The van der Waals surface area contributed by atoms with Gasteiger partial charge in [0, 0.05) is 30.4 Å². The van der Waals surface area contributed by atoms with Crippen molar-refractivity contribution < 1.29 is 9.90 Å². The third-order valence-corrected chi connectivity index (χ3v) is 3.52. The lowest BCUT2D eigenvalue weighted by Gasteiger charge is -2.14. The second-order valence-corrected chi connectivity index (χ2v) is 4.80. The number of aliphatic hydroxyl groups excluding tert-OH is 1. The molecular formula is C11H14N2O2S. The number of rotatable bonds is 3. The number of carbonyl (C=O) groups excluding carboxylic acids is 1. The summed E-state index contributed by atoms with van der Waals surface area (Å²) in [5, 5.41) is 9.32. The minimum absolute atomic E-state index is 0.0957. The first-order valence-corrected chi connectivity index (χ1v) is 6.23. The van der Waals surface area contributed by atoms with E-state index in [0.29, 0.717) is 25.3 Å². The predicted molar refractivity (Wildman–Crippen MR) is 62.2 cm³/mol. The van der Waals surface area contributed by atoms with Crippen LogP contribution in [0, 0.1) is 0 Å². The number of aromatic nitrogens is 1. The molecule has 1 N–H and O–H groups in total. The molecule has 2 rings (SSSR count). The molecule has 1 aliphatic rings. The Labute approximate surface area is 98.7 Å². The molecule has 1 atom stereocenters. The van der Waals surface area contributed by atoms with E-state index in [4.69, 9.17) is 0 Å². The number of amides is 1. The number of hydrogen-bond acceptors (Lipinski definition) is 4. The number of pyridine rings is 1. The molecule has 0 bridgehead atoms. The third kappa shape index (κ3) is 2.96. The first kappa shape index (κ1) is 11.4. The highest BCUT2D eigenvalue weighted by Crippen LogP contribution is 2.18. The van der Waals surface area contributed by atoms with Crippen molar-refractivity contribution in [2.75, 3.05) is 18.8 Å². The Hall–Kier alpha value is -1.07. The number of nitrogens with zero attached hydrogens (tertiary/aromatic N) is 2. The Balaban J connectivity index is 1.80. The lowest BCUT2D eigenvalue weighted by Crippen LogP contribution is -2.30. The summed E-state index contributed by atoms with van der Waals surface area (Å²) in [5.74, 6) is 0.523. The molecule has 0 aliphatic carbocycles. The highest BCUT2D eigenvalue weighted by molar-refractivity contribution is 8.00. The summed E-state index contributed by atoms with van der Waals surface area (Å²) < 4.78 is 0. The zero-order chi connectivity index (χ0) is 11.4. The third-order valence-electron chi connectivity index (χ3n) is 2.53. The summed E-state index contributed by atoms with van der Waals surface area (Å²) in [6.45, 7) is 1.16. The number of likely N-dealkylation sites (tertiary alicyclic amines) is 1. The molecular weight excluding hydrogens is 224 g/mol. The van der Waals surface area contributed by atoms with Crippen LogP contribution < -0.4 is 0 Å². The van der Waals surface area contributed by atoms with Gasteiger partial charge in [-0.3, -0.25) is 9.78 Å². The topological polar surface area (TPSA) is 53.4 Å². The number of hydrogen-bond donors (Lipinski definition) is 1. The number of thioether (sulfide) groups is 1. The van der Waals surface area contributed by atoms with Crippen molar-refractivity contribution in [3.05, 3.63) is 24.5 Å². The van der Waals surface area contributed by atoms with Crippen LogP contribution >= 0.6 is 11.8 Å². The largest absolute Gasteiger partial charge is 0.391 e. The van der Waals surface area contributed by atoms with Crippen molar-refractivity contribution in [2.45, 2.75) is 17.4 Å². The summed E-state index contributed by atoms with van der Waals surface area (Å²) in [4.78, 5) is 18.4. The van der Waals surface area contributed by atoms with E-state index in [-0.39, 0.29) is 12.0 Å². The highest BCUT2D eigenvalue weighted by Gasteiger charge is 2.24. The highest BCUT2D eigenvalue weighted by atomic mass is 32.2. The molecule has 1 amide bonds. The number of carbonyl (C=O) groups is 1. The maximum atomic E-state index is 11.7. The van der Waals surface area contributed by atoms with E-state index < -0.39 is 0 Å². The maximum Gasteiger partial charge on any atom is 0.233 e. The van der Waals surface area contributed by atoms with Crippen LogP contribution in [0.1, 0.15) is 6.42 Å². The summed E-state index contributed by atoms with van der Waals surface area (Å²) in [6.07, 6.45) is 3.79. The molecule has 1 aromatic rings. The molecule has 0 radical (unpaired) electrons. The molecule has 86 valence electrons. The molecule has 1 saturated heterocycles. The van der Waals surface area contributed by atoms with Crippen molar-refractivity contribution in [2.24, 2.45) is 0 Å². The summed E-state index contributed by atoms with van der Waals surface area (Å²) >= 11 is 1.50. The summed E-state index contributed by atoms with van der Waals surface area (Å²) in [5.41, 5.74) is 0. The van der Waals surface area contributed by atoms with Crippen LogP contribution in [0.5, 0.6) is 0 Å². The summed E-state index contributed by atoms with van der Waals surface area (Å²) in [6, 6.07) is 3.77. The first-order chi connectivity index (χ1) is 7.75. The van der Waals surface area contributed by atoms with Gasteiger partial charge in [-0.15, -0.1) is 11.8 Å². The molecule has 1 fully saturated rings. The van der Waals surface area contributed by atoms with Gasteiger partial charge in [0.2, 0.25) is 5.91 Å². The second-order valence-electron chi connectivity index (χ2n) is 3.75. The SMILES string of the molecule is O=C(CSc1ccncc1)N1CC[C@@H](O)C1. The van der Waals surface area contributed by atoms with Crippen molar-refractivity contribution >= 4 is 17.7 Å². The fourth-order valence-corrected chi connectivity index (χ4v) is 2.43. The quantitative estimate of drug-likeness (QED) is 0.790. The van der Waals surface area contributed by atoms with Crippen molar-refractivity contribution in [1.29, 1.82) is 0 Å². The van der Waals surface area contributed by atoms with Gasteiger partial charge in [0.25, 0.3) is 0 Å². The molecule has 0 aromatic carbocycles. The van der Waals surface area contributed by atoms with Gasteiger partial charge in [0.15, 0.2) is 0 Å². The maximum absolute atomic E-state index is 11.7. The van der Waals surface area contributed by atoms with Crippen LogP contribution in [0.4, 0.5) is 0 Å². The van der Waals surface area contributed by atoms with E-state index in [0.717, 1.165) is 4.90 Å². The fraction of sp³-hybridized carbons (Fsp3) is 0.455. The van der Waals surface area contributed by atoms with Gasteiger partial charge < -0.3 is 10.0 Å². The summed E-state index contributed by atoms with van der Waals surface area (Å²) in [7, 11) is 0. The van der Waals surface area contributed by atoms with Crippen molar-refractivity contribution in [3.8, 4) is 0 Å². The van der Waals surface area contributed by atoms with E-state index in [9.17, 15) is 9.90 Å². The van der Waals surface area contributed by atoms with Crippen LogP contribution in [0.3, 0.4) is 0 Å². The van der Waals surface area contributed by atoms with Crippen LogP contribution in [-0.4, -0.2) is 45.8 Å². The molecule has 0 saturated carbocycles. The molecule has 1 aromatic heterocycles. The number of aliphatic hydroxyl groups is 1. The monoisotopic (exact) mass is 238 g/mol. The molecule has 1 aliphatic heterocycles. The minimum Gasteiger partial charge on any atom is -0.391 e. The molecule has 0 unspecified atom stereocenters. The normalized spacial score (nSPS) is 20.1. The van der Waals surface area contributed by atoms with E-state index in [1.165, 1.54) is 11.8 Å². The lowest BCUT2D eigenvalue weighted by atomic mass is 10.3. The van der Waals surface area contributed by atoms with Crippen LogP contribution in [0.25, 0.3) is 0 Å². The Morgan fingerprint density at radius 1 is 1.56 bits per heavy atom. The number of β-amino-alcohol motifs (C(OH)–C–C–N with tert-alkyl or cyclic N) is 1.